The molecule has 0 aromatic heterocycles. The second-order valence-electron chi connectivity index (χ2n) is 7.49. The average Bonchev–Trinajstić information content (AvgIpc) is 3.00. The number of hydrogen-bond acceptors (Lipinski definition) is 5. The molecule has 8 heteroatoms. The lowest BCUT2D eigenvalue weighted by atomic mass is 9.87. The second-order valence-corrected chi connectivity index (χ2v) is 7.49. The van der Waals surface area contributed by atoms with E-state index in [1.807, 2.05) is 32.0 Å². The van der Waals surface area contributed by atoms with Crippen molar-refractivity contribution in [2.45, 2.75) is 39.2 Å². The van der Waals surface area contributed by atoms with E-state index in [1.54, 1.807) is 37.3 Å². The minimum absolute atomic E-state index is 0.0183. The predicted molar refractivity (Wildman–Crippen MR) is 113 cm³/mol. The molecular weight excluding hydrogens is 398 g/mol. The Morgan fingerprint density at radius 2 is 1.77 bits per heavy atom. The molecule has 0 spiro atoms. The van der Waals surface area contributed by atoms with Crippen LogP contribution in [0.1, 0.15) is 35.6 Å². The van der Waals surface area contributed by atoms with Crippen molar-refractivity contribution in [1.82, 2.24) is 15.8 Å². The Balaban J connectivity index is 1.58. The van der Waals surface area contributed by atoms with Gasteiger partial charge in [-0.3, -0.25) is 19.8 Å². The summed E-state index contributed by atoms with van der Waals surface area (Å²) in [5, 5.41) is 3.30. The quantitative estimate of drug-likeness (QED) is 0.525. The summed E-state index contributed by atoms with van der Waals surface area (Å²) >= 11 is 0. The van der Waals surface area contributed by atoms with Crippen LogP contribution in [0.25, 0.3) is 0 Å². The zero-order chi connectivity index (χ0) is 22.6. The van der Waals surface area contributed by atoms with Gasteiger partial charge in [0, 0.05) is 0 Å². The van der Waals surface area contributed by atoms with Gasteiger partial charge < -0.3 is 10.1 Å². The number of amides is 4. The predicted octanol–water partition coefficient (Wildman–Crippen LogP) is 2.28. The van der Waals surface area contributed by atoms with E-state index in [1.165, 1.54) is 0 Å². The number of carbonyl (C=O) groups excluding carboxylic acids is 4. The van der Waals surface area contributed by atoms with Crippen LogP contribution in [0.5, 0.6) is 0 Å². The van der Waals surface area contributed by atoms with E-state index in [0.717, 1.165) is 16.7 Å². The van der Waals surface area contributed by atoms with Gasteiger partial charge in [0.2, 0.25) is 0 Å². The maximum atomic E-state index is 13.0. The molecule has 162 valence electrons. The molecule has 1 atom stereocenters. The van der Waals surface area contributed by atoms with Crippen LogP contribution in [-0.2, 0) is 31.1 Å². The molecule has 4 amide bonds. The van der Waals surface area contributed by atoms with E-state index in [4.69, 9.17) is 4.74 Å². The highest BCUT2D eigenvalue weighted by Gasteiger charge is 2.52. The first-order valence-corrected chi connectivity index (χ1v) is 10.0. The molecule has 0 aliphatic carbocycles. The summed E-state index contributed by atoms with van der Waals surface area (Å²) in [6.45, 7) is 5.08. The lowest BCUT2D eigenvalue weighted by molar-refractivity contribution is -0.150. The van der Waals surface area contributed by atoms with Crippen LogP contribution in [0.2, 0.25) is 0 Å². The monoisotopic (exact) mass is 423 g/mol. The van der Waals surface area contributed by atoms with Gasteiger partial charge in [-0.15, -0.1) is 0 Å². The smallest absolute Gasteiger partial charge is 0.344 e. The molecule has 3 rings (SSSR count). The van der Waals surface area contributed by atoms with Crippen LogP contribution in [0.3, 0.4) is 0 Å². The molecule has 1 aliphatic heterocycles. The third kappa shape index (κ3) is 4.58. The first kappa shape index (κ1) is 22.0. The van der Waals surface area contributed by atoms with Gasteiger partial charge in [0.25, 0.3) is 11.8 Å². The minimum atomic E-state index is -1.26. The van der Waals surface area contributed by atoms with E-state index in [0.29, 0.717) is 17.0 Å². The van der Waals surface area contributed by atoms with Gasteiger partial charge in [-0.1, -0.05) is 55.5 Å². The molecule has 2 aromatic rings. The normalized spacial score (nSPS) is 18.0. The Morgan fingerprint density at radius 1 is 1.06 bits per heavy atom. The zero-order valence-corrected chi connectivity index (χ0v) is 17.7. The Morgan fingerprint density at radius 3 is 2.42 bits per heavy atom. The number of nitrogens with one attached hydrogen (secondary N) is 2. The maximum Gasteiger partial charge on any atom is 0.344 e. The van der Waals surface area contributed by atoms with Crippen LogP contribution < -0.4 is 10.7 Å². The molecule has 1 fully saturated rings. The molecule has 2 aromatic carbocycles. The standard InChI is InChI=1S/C23H25N3O5/c1-4-23(18-8-6-5-7-9-18)21(29)26(22(30)24-23)25-19(27)14-31-20(28)13-17-11-10-15(2)16(3)12-17/h5-12H,4,13-14H2,1-3H3,(H,24,30)(H,25,27)/t23-/m1/s1. The van der Waals surface area contributed by atoms with Crippen molar-refractivity contribution in [2.24, 2.45) is 0 Å². The summed E-state index contributed by atoms with van der Waals surface area (Å²) in [5.41, 5.74) is 4.53. The molecule has 0 bridgehead atoms. The second kappa shape index (κ2) is 8.99. The minimum Gasteiger partial charge on any atom is -0.455 e. The van der Waals surface area contributed by atoms with Crippen molar-refractivity contribution in [3.05, 3.63) is 70.8 Å². The van der Waals surface area contributed by atoms with Crippen molar-refractivity contribution in [3.63, 3.8) is 0 Å². The molecule has 1 saturated heterocycles. The van der Waals surface area contributed by atoms with Gasteiger partial charge in [-0.25, -0.2) is 4.79 Å². The number of ether oxygens (including phenoxy) is 1. The Labute approximate surface area is 180 Å². The summed E-state index contributed by atoms with van der Waals surface area (Å²) < 4.78 is 5.00. The van der Waals surface area contributed by atoms with E-state index in [-0.39, 0.29) is 6.42 Å². The molecule has 1 heterocycles. The third-order valence-corrected chi connectivity index (χ3v) is 5.41. The molecule has 8 nitrogen and oxygen atoms in total. The number of rotatable bonds is 7. The number of nitrogens with zero attached hydrogens (tertiary/aromatic N) is 1. The number of aryl methyl sites for hydroxylation is 2. The van der Waals surface area contributed by atoms with Crippen LogP contribution in [0.4, 0.5) is 4.79 Å². The highest BCUT2D eigenvalue weighted by Crippen LogP contribution is 2.31. The van der Waals surface area contributed by atoms with Gasteiger partial charge >= 0.3 is 12.0 Å². The van der Waals surface area contributed by atoms with Crippen LogP contribution in [0, 0.1) is 13.8 Å². The Hall–Kier alpha value is -3.68. The lowest BCUT2D eigenvalue weighted by Gasteiger charge is -2.25. The number of carbonyl (C=O) groups is 4. The SMILES string of the molecule is CC[C@]1(c2ccccc2)NC(=O)N(NC(=O)COC(=O)Cc2ccc(C)c(C)c2)C1=O. The Bertz CT molecular complexity index is 1020. The first-order chi connectivity index (χ1) is 14.8. The van der Waals surface area contributed by atoms with Gasteiger partial charge in [-0.2, -0.15) is 5.01 Å². The van der Waals surface area contributed by atoms with Gasteiger partial charge in [-0.05, 0) is 42.5 Å². The number of hydrazine groups is 1. The molecule has 2 N–H and O–H groups in total. The summed E-state index contributed by atoms with van der Waals surface area (Å²) in [6.07, 6.45) is 0.323. The zero-order valence-electron chi connectivity index (χ0n) is 17.7. The van der Waals surface area contributed by atoms with Gasteiger partial charge in [0.1, 0.15) is 5.54 Å². The molecular formula is C23H25N3O5. The number of imide groups is 1. The summed E-state index contributed by atoms with van der Waals surface area (Å²) in [6, 6.07) is 13.7. The van der Waals surface area contributed by atoms with E-state index < -0.39 is 36.0 Å². The molecule has 0 saturated carbocycles. The maximum absolute atomic E-state index is 13.0. The van der Waals surface area contributed by atoms with Gasteiger partial charge in [0.05, 0.1) is 6.42 Å². The lowest BCUT2D eigenvalue weighted by Crippen LogP contribution is -2.49. The molecule has 1 aliphatic rings. The fourth-order valence-corrected chi connectivity index (χ4v) is 3.47. The summed E-state index contributed by atoms with van der Waals surface area (Å²) in [5.74, 6) is -1.96. The molecule has 0 radical (unpaired) electrons. The van der Waals surface area contributed by atoms with Crippen molar-refractivity contribution >= 4 is 23.8 Å². The third-order valence-electron chi connectivity index (χ3n) is 5.41. The van der Waals surface area contributed by atoms with E-state index >= 15 is 0 Å². The van der Waals surface area contributed by atoms with E-state index in [9.17, 15) is 19.2 Å². The Kier molecular flexibility index (Phi) is 6.39. The molecule has 0 unspecified atom stereocenters. The molecule has 31 heavy (non-hydrogen) atoms. The topological polar surface area (TPSA) is 105 Å². The number of urea groups is 1. The highest BCUT2D eigenvalue weighted by molar-refractivity contribution is 6.08. The van der Waals surface area contributed by atoms with Crippen molar-refractivity contribution in [2.75, 3.05) is 6.61 Å². The largest absolute Gasteiger partial charge is 0.455 e. The number of esters is 1. The average molecular weight is 423 g/mol. The summed E-state index contributed by atoms with van der Waals surface area (Å²) in [4.78, 5) is 49.6. The van der Waals surface area contributed by atoms with Crippen molar-refractivity contribution < 1.29 is 23.9 Å². The number of benzene rings is 2. The number of hydrogen-bond donors (Lipinski definition) is 2. The highest BCUT2D eigenvalue weighted by atomic mass is 16.5. The first-order valence-electron chi connectivity index (χ1n) is 10.0. The van der Waals surface area contributed by atoms with Crippen molar-refractivity contribution in [1.29, 1.82) is 0 Å². The van der Waals surface area contributed by atoms with E-state index in [2.05, 4.69) is 10.7 Å². The fourth-order valence-electron chi connectivity index (χ4n) is 3.47. The van der Waals surface area contributed by atoms with Crippen molar-refractivity contribution in [3.8, 4) is 0 Å². The van der Waals surface area contributed by atoms with Crippen LogP contribution in [0.15, 0.2) is 48.5 Å². The fraction of sp³-hybridized carbons (Fsp3) is 0.304. The summed E-state index contributed by atoms with van der Waals surface area (Å²) in [7, 11) is 0. The van der Waals surface area contributed by atoms with Crippen LogP contribution in [-0.4, -0.2) is 35.4 Å². The van der Waals surface area contributed by atoms with Crippen LogP contribution >= 0.6 is 0 Å². The van der Waals surface area contributed by atoms with Gasteiger partial charge in [0.15, 0.2) is 6.61 Å².